The van der Waals surface area contributed by atoms with Gasteiger partial charge in [0.2, 0.25) is 0 Å². The molecular formula is C9H16. The largest absolute Gasteiger partial charge is 0.0533 e. The van der Waals surface area contributed by atoms with E-state index in [4.69, 9.17) is 0 Å². The molecule has 0 bridgehead atoms. The Morgan fingerprint density at radius 1 is 1.44 bits per heavy atom. The van der Waals surface area contributed by atoms with Crippen LogP contribution in [0.5, 0.6) is 0 Å². The van der Waals surface area contributed by atoms with Gasteiger partial charge in [0.15, 0.2) is 0 Å². The number of hydrogen-bond acceptors (Lipinski definition) is 0. The van der Waals surface area contributed by atoms with Crippen molar-refractivity contribution in [3.05, 3.63) is 13.3 Å². The summed E-state index contributed by atoms with van der Waals surface area (Å²) in [7, 11) is 0. The molecule has 1 aliphatic carbocycles. The quantitative estimate of drug-likeness (QED) is 0.505. The summed E-state index contributed by atoms with van der Waals surface area (Å²) in [5, 5.41) is 0. The number of unbranched alkanes of at least 4 members (excludes halogenated alkanes) is 2. The molecule has 0 heterocycles. The van der Waals surface area contributed by atoms with Crippen LogP contribution in [0.3, 0.4) is 0 Å². The molecule has 0 atom stereocenters. The summed E-state index contributed by atoms with van der Waals surface area (Å²) in [5.41, 5.74) is 0. The Bertz CT molecular complexity index is 62.4. The Kier molecular flexibility index (Phi) is 3.10. The lowest BCUT2D eigenvalue weighted by atomic mass is 9.82. The Hall–Kier alpha value is 0. The van der Waals surface area contributed by atoms with Crippen LogP contribution in [-0.4, -0.2) is 0 Å². The molecule has 0 spiro atoms. The molecule has 0 aromatic carbocycles. The van der Waals surface area contributed by atoms with Crippen LogP contribution in [0.1, 0.15) is 38.5 Å². The predicted molar refractivity (Wildman–Crippen MR) is 40.8 cm³/mol. The molecule has 0 N–H and O–H groups in total. The van der Waals surface area contributed by atoms with E-state index in [9.17, 15) is 0 Å². The Morgan fingerprint density at radius 2 is 2.22 bits per heavy atom. The van der Waals surface area contributed by atoms with Crippen molar-refractivity contribution in [1.82, 2.24) is 0 Å². The van der Waals surface area contributed by atoms with Crippen LogP contribution in [0, 0.1) is 19.3 Å². The summed E-state index contributed by atoms with van der Waals surface area (Å²) in [6.45, 7) is 3.81. The lowest BCUT2D eigenvalue weighted by Crippen LogP contribution is -2.10. The van der Waals surface area contributed by atoms with Crippen LogP contribution in [0.15, 0.2) is 0 Å². The zero-order valence-electron chi connectivity index (χ0n) is 6.10. The van der Waals surface area contributed by atoms with Crippen molar-refractivity contribution >= 4 is 0 Å². The van der Waals surface area contributed by atoms with Crippen LogP contribution in [0.4, 0.5) is 0 Å². The van der Waals surface area contributed by atoms with Crippen molar-refractivity contribution in [2.75, 3.05) is 0 Å². The minimum absolute atomic E-state index is 0.983. The van der Waals surface area contributed by atoms with Crippen LogP contribution < -0.4 is 0 Å². The zero-order valence-corrected chi connectivity index (χ0v) is 6.10. The van der Waals surface area contributed by atoms with Crippen molar-refractivity contribution in [3.63, 3.8) is 0 Å². The van der Waals surface area contributed by atoms with Gasteiger partial charge in [0.1, 0.15) is 0 Å². The number of rotatable bonds is 4. The molecule has 0 aliphatic heterocycles. The first kappa shape index (κ1) is 7.11. The highest BCUT2D eigenvalue weighted by Gasteiger charge is 2.15. The van der Waals surface area contributed by atoms with Crippen LogP contribution in [0.2, 0.25) is 0 Å². The summed E-state index contributed by atoms with van der Waals surface area (Å²) in [5.74, 6) is 0.983. The van der Waals surface area contributed by atoms with E-state index < -0.39 is 0 Å². The van der Waals surface area contributed by atoms with Gasteiger partial charge in [-0.2, -0.15) is 0 Å². The van der Waals surface area contributed by atoms with Crippen molar-refractivity contribution in [2.45, 2.75) is 38.5 Å². The third-order valence-electron chi connectivity index (χ3n) is 2.10. The molecule has 0 nitrogen and oxygen atoms in total. The molecular weight excluding hydrogens is 108 g/mol. The minimum atomic E-state index is 0.983. The second kappa shape index (κ2) is 3.92. The SMILES string of the molecule is [CH2]CCC[CH]C1CCC1. The lowest BCUT2D eigenvalue weighted by Gasteiger charge is -2.24. The first-order valence-corrected chi connectivity index (χ1v) is 4.06. The smallest absolute Gasteiger partial charge is 0.0355 e. The Morgan fingerprint density at radius 3 is 2.67 bits per heavy atom. The maximum Gasteiger partial charge on any atom is -0.0355 e. The van der Waals surface area contributed by atoms with E-state index in [1.54, 1.807) is 0 Å². The molecule has 52 valence electrons. The fourth-order valence-electron chi connectivity index (χ4n) is 1.17. The summed E-state index contributed by atoms with van der Waals surface area (Å²) in [4.78, 5) is 0. The van der Waals surface area contributed by atoms with Gasteiger partial charge in [-0.05, 0) is 18.8 Å². The molecule has 2 radical (unpaired) electrons. The van der Waals surface area contributed by atoms with Crippen LogP contribution in [0.25, 0.3) is 0 Å². The molecule has 0 aromatic rings. The van der Waals surface area contributed by atoms with Gasteiger partial charge in [0.25, 0.3) is 0 Å². The topological polar surface area (TPSA) is 0 Å². The van der Waals surface area contributed by atoms with E-state index in [-0.39, 0.29) is 0 Å². The van der Waals surface area contributed by atoms with Crippen LogP contribution >= 0.6 is 0 Å². The standard InChI is InChI=1S/C9H16/c1-2-3-4-6-9-7-5-8-9/h6,9H,1-5,7-8H2. The zero-order chi connectivity index (χ0) is 6.53. The van der Waals surface area contributed by atoms with Crippen molar-refractivity contribution in [1.29, 1.82) is 0 Å². The van der Waals surface area contributed by atoms with Crippen molar-refractivity contribution in [2.24, 2.45) is 5.92 Å². The van der Waals surface area contributed by atoms with Gasteiger partial charge in [0.05, 0.1) is 0 Å². The molecule has 9 heavy (non-hydrogen) atoms. The maximum absolute atomic E-state index is 3.81. The Balaban J connectivity index is 1.80. The third kappa shape index (κ3) is 2.38. The predicted octanol–water partition coefficient (Wildman–Crippen LogP) is 3.00. The molecule has 0 amide bonds. The van der Waals surface area contributed by atoms with Gasteiger partial charge in [0, 0.05) is 0 Å². The average molecular weight is 124 g/mol. The molecule has 1 rings (SSSR count). The summed E-state index contributed by atoms with van der Waals surface area (Å²) < 4.78 is 0. The highest BCUT2D eigenvalue weighted by Crippen LogP contribution is 2.30. The highest BCUT2D eigenvalue weighted by atomic mass is 14.2. The van der Waals surface area contributed by atoms with E-state index in [0.717, 1.165) is 12.3 Å². The first-order chi connectivity index (χ1) is 4.43. The summed E-state index contributed by atoms with van der Waals surface area (Å²) in [6, 6.07) is 0. The molecule has 0 heteroatoms. The van der Waals surface area contributed by atoms with E-state index >= 15 is 0 Å². The lowest BCUT2D eigenvalue weighted by molar-refractivity contribution is 0.352. The fourth-order valence-corrected chi connectivity index (χ4v) is 1.17. The van der Waals surface area contributed by atoms with Gasteiger partial charge >= 0.3 is 0 Å². The van der Waals surface area contributed by atoms with E-state index in [1.807, 2.05) is 0 Å². The number of hydrogen-bond donors (Lipinski definition) is 0. The molecule has 1 fully saturated rings. The van der Waals surface area contributed by atoms with Gasteiger partial charge in [-0.15, -0.1) is 0 Å². The second-order valence-corrected chi connectivity index (χ2v) is 2.92. The van der Waals surface area contributed by atoms with Crippen LogP contribution in [-0.2, 0) is 0 Å². The molecule has 0 unspecified atom stereocenters. The highest BCUT2D eigenvalue weighted by molar-refractivity contribution is 4.82. The minimum Gasteiger partial charge on any atom is -0.0533 e. The van der Waals surface area contributed by atoms with Crippen molar-refractivity contribution in [3.8, 4) is 0 Å². The van der Waals surface area contributed by atoms with Gasteiger partial charge in [-0.25, -0.2) is 0 Å². The van der Waals surface area contributed by atoms with E-state index in [2.05, 4.69) is 13.3 Å². The normalized spacial score (nSPS) is 19.7. The van der Waals surface area contributed by atoms with E-state index in [1.165, 1.54) is 32.1 Å². The molecule has 1 aliphatic rings. The second-order valence-electron chi connectivity index (χ2n) is 2.92. The van der Waals surface area contributed by atoms with Crippen molar-refractivity contribution < 1.29 is 0 Å². The molecule has 0 aromatic heterocycles. The third-order valence-corrected chi connectivity index (χ3v) is 2.10. The average Bonchev–Trinajstić information content (AvgIpc) is 1.76. The van der Waals surface area contributed by atoms with E-state index in [0.29, 0.717) is 0 Å². The summed E-state index contributed by atoms with van der Waals surface area (Å²) >= 11 is 0. The Labute approximate surface area is 58.7 Å². The molecule has 0 saturated heterocycles. The van der Waals surface area contributed by atoms with Gasteiger partial charge < -0.3 is 0 Å². The summed E-state index contributed by atoms with van der Waals surface area (Å²) in [6.07, 6.45) is 10.5. The maximum atomic E-state index is 3.81. The van der Waals surface area contributed by atoms with Gasteiger partial charge in [-0.1, -0.05) is 39.0 Å². The van der Waals surface area contributed by atoms with Gasteiger partial charge in [-0.3, -0.25) is 0 Å². The molecule has 1 saturated carbocycles. The fraction of sp³-hybridized carbons (Fsp3) is 0.778. The first-order valence-electron chi connectivity index (χ1n) is 4.06. The monoisotopic (exact) mass is 124 g/mol.